The van der Waals surface area contributed by atoms with E-state index in [1.54, 1.807) is 19.9 Å². The fraction of sp³-hybridized carbons (Fsp3) is 0.500. The van der Waals surface area contributed by atoms with Gasteiger partial charge in [0.15, 0.2) is 21.3 Å². The lowest BCUT2D eigenvalue weighted by atomic mass is 10.2. The summed E-state index contributed by atoms with van der Waals surface area (Å²) in [6, 6.07) is 3.60. The zero-order valence-corrected chi connectivity index (χ0v) is 13.1. The Balaban J connectivity index is 2.13. The monoisotopic (exact) mass is 310 g/mol. The lowest BCUT2D eigenvalue weighted by molar-refractivity contribution is 0.297. The summed E-state index contributed by atoms with van der Waals surface area (Å²) in [6.45, 7) is 4.48. The van der Waals surface area contributed by atoms with E-state index in [0.29, 0.717) is 36.1 Å². The molecule has 2 heterocycles. The molecule has 3 rings (SSSR count). The van der Waals surface area contributed by atoms with Crippen LogP contribution in [0.4, 0.5) is 0 Å². The summed E-state index contributed by atoms with van der Waals surface area (Å²) in [4.78, 5) is 7.51. The minimum Gasteiger partial charge on any atom is -0.489 e. The lowest BCUT2D eigenvalue weighted by Crippen LogP contribution is -2.29. The van der Waals surface area contributed by atoms with Gasteiger partial charge in [0.25, 0.3) is 0 Å². The molecule has 0 bridgehead atoms. The van der Waals surface area contributed by atoms with E-state index in [1.807, 2.05) is 6.07 Å². The molecule has 1 aliphatic heterocycles. The van der Waals surface area contributed by atoms with Crippen LogP contribution in [0, 0.1) is 0 Å². The number of aromatic amines is 1. The van der Waals surface area contributed by atoms with E-state index in [0.717, 1.165) is 11.9 Å². The number of nitrogens with zero attached hydrogens (tertiary/aromatic N) is 1. The van der Waals surface area contributed by atoms with Crippen LogP contribution in [0.25, 0.3) is 11.0 Å². The van der Waals surface area contributed by atoms with Crippen LogP contribution in [0.1, 0.15) is 26.1 Å². The first kappa shape index (κ1) is 14.2. The van der Waals surface area contributed by atoms with Crippen molar-refractivity contribution in [3.05, 3.63) is 18.0 Å². The smallest absolute Gasteiger partial charge is 0.163 e. The Labute approximate surface area is 123 Å². The number of aromatic nitrogens is 2. The maximum absolute atomic E-state index is 11.9. The van der Waals surface area contributed by atoms with Crippen molar-refractivity contribution in [1.29, 1.82) is 0 Å². The molecule has 0 saturated carbocycles. The fourth-order valence-electron chi connectivity index (χ4n) is 2.13. The van der Waals surface area contributed by atoms with Crippen molar-refractivity contribution < 1.29 is 17.9 Å². The standard InChI is InChI=1S/C14H18N2O4S/c1-14(2,21(3,17)18)13-15-9-7-11-12(8-10(9)16-13)20-6-4-5-19-11/h7-8H,4-6H2,1-3H3,(H,15,16). The van der Waals surface area contributed by atoms with Crippen LogP contribution in [0.15, 0.2) is 12.1 Å². The Hall–Kier alpha value is -1.76. The summed E-state index contributed by atoms with van der Waals surface area (Å²) in [6.07, 6.45) is 2.05. The third-order valence-corrected chi connectivity index (χ3v) is 5.90. The second-order valence-electron chi connectivity index (χ2n) is 5.73. The van der Waals surface area contributed by atoms with Gasteiger partial charge in [-0.15, -0.1) is 0 Å². The molecule has 1 aromatic carbocycles. The highest BCUT2D eigenvalue weighted by atomic mass is 32.2. The molecular weight excluding hydrogens is 292 g/mol. The van der Waals surface area contributed by atoms with Crippen LogP contribution in [0.5, 0.6) is 11.5 Å². The molecule has 0 fully saturated rings. The van der Waals surface area contributed by atoms with Crippen molar-refractivity contribution >= 4 is 20.9 Å². The third-order valence-electron chi connectivity index (χ3n) is 3.85. The van der Waals surface area contributed by atoms with Gasteiger partial charge in [-0.05, 0) is 13.8 Å². The molecule has 21 heavy (non-hydrogen) atoms. The minimum atomic E-state index is -3.28. The van der Waals surface area contributed by atoms with Gasteiger partial charge in [-0.3, -0.25) is 0 Å². The predicted molar refractivity (Wildman–Crippen MR) is 79.6 cm³/mol. The van der Waals surface area contributed by atoms with Gasteiger partial charge in [-0.2, -0.15) is 0 Å². The molecule has 2 aromatic rings. The minimum absolute atomic E-state index is 0.417. The molecule has 0 radical (unpaired) electrons. The molecule has 0 atom stereocenters. The summed E-state index contributed by atoms with van der Waals surface area (Å²) in [5.74, 6) is 1.72. The van der Waals surface area contributed by atoms with Crippen LogP contribution in [0.2, 0.25) is 0 Å². The zero-order chi connectivity index (χ0) is 15.3. The van der Waals surface area contributed by atoms with Crippen molar-refractivity contribution in [2.45, 2.75) is 25.0 Å². The lowest BCUT2D eigenvalue weighted by Gasteiger charge is -2.19. The Morgan fingerprint density at radius 1 is 1.19 bits per heavy atom. The largest absolute Gasteiger partial charge is 0.489 e. The second-order valence-corrected chi connectivity index (χ2v) is 8.30. The van der Waals surface area contributed by atoms with Crippen molar-refractivity contribution in [2.75, 3.05) is 19.5 Å². The SMILES string of the molecule is CC(C)(c1nc2cc3c(cc2[nH]1)OCCCO3)S(C)(=O)=O. The molecule has 7 heteroatoms. The number of ether oxygens (including phenoxy) is 2. The number of hydrogen-bond donors (Lipinski definition) is 1. The third kappa shape index (κ3) is 2.35. The molecular formula is C14H18N2O4S. The van der Waals surface area contributed by atoms with E-state index < -0.39 is 14.6 Å². The fourth-order valence-corrected chi connectivity index (χ4v) is 2.58. The van der Waals surface area contributed by atoms with Crippen molar-refractivity contribution in [3.63, 3.8) is 0 Å². The van der Waals surface area contributed by atoms with Crippen LogP contribution in [-0.2, 0) is 14.6 Å². The van der Waals surface area contributed by atoms with Gasteiger partial charge in [0, 0.05) is 24.8 Å². The van der Waals surface area contributed by atoms with Crippen LogP contribution in [0.3, 0.4) is 0 Å². The molecule has 1 N–H and O–H groups in total. The van der Waals surface area contributed by atoms with Gasteiger partial charge in [-0.25, -0.2) is 13.4 Å². The summed E-state index contributed by atoms with van der Waals surface area (Å²) in [5.41, 5.74) is 1.41. The van der Waals surface area contributed by atoms with Gasteiger partial charge in [0.2, 0.25) is 0 Å². The van der Waals surface area contributed by atoms with Crippen LogP contribution < -0.4 is 9.47 Å². The average molecular weight is 310 g/mol. The number of fused-ring (bicyclic) bond motifs is 2. The molecule has 114 valence electrons. The molecule has 0 aliphatic carbocycles. The molecule has 1 aromatic heterocycles. The van der Waals surface area contributed by atoms with E-state index in [2.05, 4.69) is 9.97 Å². The number of nitrogens with one attached hydrogen (secondary N) is 1. The molecule has 0 saturated heterocycles. The summed E-state index contributed by atoms with van der Waals surface area (Å²) < 4.78 is 34.0. The first-order valence-electron chi connectivity index (χ1n) is 6.78. The van der Waals surface area contributed by atoms with Crippen molar-refractivity contribution in [3.8, 4) is 11.5 Å². The van der Waals surface area contributed by atoms with Crippen LogP contribution in [-0.4, -0.2) is 37.9 Å². The first-order valence-corrected chi connectivity index (χ1v) is 8.67. The van der Waals surface area contributed by atoms with Crippen LogP contribution >= 0.6 is 0 Å². The molecule has 0 spiro atoms. The molecule has 0 amide bonds. The second kappa shape index (κ2) is 4.62. The topological polar surface area (TPSA) is 81.3 Å². The Kier molecular flexibility index (Phi) is 3.12. The maximum Gasteiger partial charge on any atom is 0.163 e. The summed E-state index contributed by atoms with van der Waals surface area (Å²) in [5, 5.41) is 0. The van der Waals surface area contributed by atoms with Gasteiger partial charge in [0.05, 0.1) is 24.2 Å². The highest BCUT2D eigenvalue weighted by molar-refractivity contribution is 7.91. The van der Waals surface area contributed by atoms with Gasteiger partial charge < -0.3 is 14.5 Å². The normalized spacial score (nSPS) is 16.0. The van der Waals surface area contributed by atoms with E-state index in [4.69, 9.17) is 9.47 Å². The van der Waals surface area contributed by atoms with Crippen molar-refractivity contribution in [2.24, 2.45) is 0 Å². The Morgan fingerprint density at radius 2 is 1.81 bits per heavy atom. The highest BCUT2D eigenvalue weighted by Gasteiger charge is 2.35. The quantitative estimate of drug-likeness (QED) is 0.917. The number of sulfone groups is 1. The van der Waals surface area contributed by atoms with E-state index in [-0.39, 0.29) is 0 Å². The van der Waals surface area contributed by atoms with E-state index in [9.17, 15) is 8.42 Å². The summed E-state index contributed by atoms with van der Waals surface area (Å²) >= 11 is 0. The van der Waals surface area contributed by atoms with Crippen molar-refractivity contribution in [1.82, 2.24) is 9.97 Å². The first-order chi connectivity index (χ1) is 9.79. The van der Waals surface area contributed by atoms with Gasteiger partial charge in [0.1, 0.15) is 10.6 Å². The number of H-pyrrole nitrogens is 1. The average Bonchev–Trinajstić information content (AvgIpc) is 2.66. The van der Waals surface area contributed by atoms with E-state index in [1.165, 1.54) is 6.26 Å². The maximum atomic E-state index is 11.9. The zero-order valence-electron chi connectivity index (χ0n) is 12.3. The van der Waals surface area contributed by atoms with E-state index >= 15 is 0 Å². The molecule has 6 nitrogen and oxygen atoms in total. The Morgan fingerprint density at radius 3 is 2.43 bits per heavy atom. The molecule has 0 unspecified atom stereocenters. The highest BCUT2D eigenvalue weighted by Crippen LogP contribution is 2.35. The van der Waals surface area contributed by atoms with Gasteiger partial charge in [-0.1, -0.05) is 0 Å². The number of hydrogen-bond acceptors (Lipinski definition) is 5. The molecule has 1 aliphatic rings. The Bertz CT molecular complexity index is 750. The predicted octanol–water partition coefficient (Wildman–Crippen LogP) is 2.00. The number of benzene rings is 1. The number of rotatable bonds is 2. The summed E-state index contributed by atoms with van der Waals surface area (Å²) in [7, 11) is -3.28. The van der Waals surface area contributed by atoms with Gasteiger partial charge >= 0.3 is 0 Å². The number of imidazole rings is 1.